The number of methoxy groups -OCH3 is 1. The van der Waals surface area contributed by atoms with Gasteiger partial charge in [0.1, 0.15) is 6.04 Å². The van der Waals surface area contributed by atoms with Crippen LogP contribution in [0.25, 0.3) is 0 Å². The van der Waals surface area contributed by atoms with Gasteiger partial charge in [0.05, 0.1) is 12.2 Å². The van der Waals surface area contributed by atoms with Crippen molar-refractivity contribution >= 4 is 5.91 Å². The predicted octanol–water partition coefficient (Wildman–Crippen LogP) is -1.04. The molecule has 0 aromatic rings. The largest absolute Gasteiger partial charge is 0.388 e. The standard InChI is InChI=1S/C11H22N2O4/c1-13(10(14)9(12)7-16-2)8-11(15)3-5-17-6-4-11/h9,15H,3-8,12H2,1-2H3. The van der Waals surface area contributed by atoms with Crippen molar-refractivity contribution in [2.45, 2.75) is 24.5 Å². The Morgan fingerprint density at radius 1 is 1.59 bits per heavy atom. The van der Waals surface area contributed by atoms with Crippen LogP contribution >= 0.6 is 0 Å². The minimum Gasteiger partial charge on any atom is -0.388 e. The first-order valence-corrected chi connectivity index (χ1v) is 5.78. The molecule has 1 saturated heterocycles. The van der Waals surface area contributed by atoms with Crippen LogP contribution in [0.1, 0.15) is 12.8 Å². The Balaban J connectivity index is 2.46. The van der Waals surface area contributed by atoms with Crippen molar-refractivity contribution in [1.82, 2.24) is 4.90 Å². The summed E-state index contributed by atoms with van der Waals surface area (Å²) in [6.07, 6.45) is 1.09. The zero-order chi connectivity index (χ0) is 12.9. The first-order valence-electron chi connectivity index (χ1n) is 5.78. The maximum absolute atomic E-state index is 11.8. The van der Waals surface area contributed by atoms with Crippen LogP contribution in [-0.4, -0.2) is 68.1 Å². The molecule has 6 nitrogen and oxygen atoms in total. The summed E-state index contributed by atoms with van der Waals surface area (Å²) in [5.41, 5.74) is 4.80. The molecule has 1 aliphatic heterocycles. The molecule has 0 aliphatic carbocycles. The average Bonchev–Trinajstić information content (AvgIpc) is 2.28. The fraction of sp³-hybridized carbons (Fsp3) is 0.909. The summed E-state index contributed by atoms with van der Waals surface area (Å²) in [7, 11) is 3.14. The Kier molecular flexibility index (Phi) is 5.32. The molecule has 3 N–H and O–H groups in total. The quantitative estimate of drug-likeness (QED) is 0.647. The summed E-state index contributed by atoms with van der Waals surface area (Å²) in [6.45, 7) is 1.53. The molecular weight excluding hydrogens is 224 g/mol. The van der Waals surface area contributed by atoms with E-state index >= 15 is 0 Å². The van der Waals surface area contributed by atoms with Gasteiger partial charge in [-0.05, 0) is 0 Å². The lowest BCUT2D eigenvalue weighted by Gasteiger charge is -2.36. The third kappa shape index (κ3) is 4.23. The number of nitrogens with two attached hydrogens (primary N) is 1. The molecule has 17 heavy (non-hydrogen) atoms. The van der Waals surface area contributed by atoms with E-state index in [0.29, 0.717) is 26.1 Å². The third-order valence-electron chi connectivity index (χ3n) is 2.99. The van der Waals surface area contributed by atoms with Crippen molar-refractivity contribution in [2.24, 2.45) is 5.73 Å². The molecule has 0 bridgehead atoms. The number of aliphatic hydroxyl groups is 1. The summed E-state index contributed by atoms with van der Waals surface area (Å²) in [5.74, 6) is -0.216. The Bertz CT molecular complexity index is 254. The number of likely N-dealkylation sites (N-methyl/N-ethyl adjacent to an activating group) is 1. The first kappa shape index (κ1) is 14.4. The molecule has 0 spiro atoms. The molecule has 1 atom stereocenters. The van der Waals surface area contributed by atoms with Gasteiger partial charge in [0.25, 0.3) is 0 Å². The lowest BCUT2D eigenvalue weighted by atomic mass is 9.94. The smallest absolute Gasteiger partial charge is 0.241 e. The molecule has 100 valence electrons. The molecule has 1 amide bonds. The molecule has 0 aromatic heterocycles. The van der Waals surface area contributed by atoms with Gasteiger partial charge in [-0.25, -0.2) is 0 Å². The van der Waals surface area contributed by atoms with E-state index in [2.05, 4.69) is 0 Å². The van der Waals surface area contributed by atoms with Gasteiger partial charge in [-0.2, -0.15) is 0 Å². The van der Waals surface area contributed by atoms with Crippen molar-refractivity contribution in [1.29, 1.82) is 0 Å². The number of hydrogen-bond donors (Lipinski definition) is 2. The van der Waals surface area contributed by atoms with Crippen molar-refractivity contribution in [2.75, 3.05) is 40.5 Å². The van der Waals surface area contributed by atoms with Crippen LogP contribution in [0.4, 0.5) is 0 Å². The first-order chi connectivity index (χ1) is 7.98. The number of carbonyl (C=O) groups is 1. The van der Waals surface area contributed by atoms with Crippen LogP contribution in [0.5, 0.6) is 0 Å². The second-order valence-corrected chi connectivity index (χ2v) is 4.59. The van der Waals surface area contributed by atoms with Gasteiger partial charge >= 0.3 is 0 Å². The highest BCUT2D eigenvalue weighted by atomic mass is 16.5. The van der Waals surface area contributed by atoms with Crippen molar-refractivity contribution < 1.29 is 19.4 Å². The second-order valence-electron chi connectivity index (χ2n) is 4.59. The minimum absolute atomic E-state index is 0.185. The molecule has 6 heteroatoms. The Hall–Kier alpha value is -0.690. The van der Waals surface area contributed by atoms with Gasteiger partial charge in [-0.1, -0.05) is 0 Å². The van der Waals surface area contributed by atoms with E-state index in [-0.39, 0.29) is 19.1 Å². The molecule has 1 unspecified atom stereocenters. The lowest BCUT2D eigenvalue weighted by molar-refractivity contribution is -0.139. The molecule has 1 fully saturated rings. The molecule has 0 radical (unpaired) electrons. The predicted molar refractivity (Wildman–Crippen MR) is 62.5 cm³/mol. The zero-order valence-corrected chi connectivity index (χ0v) is 10.5. The fourth-order valence-electron chi connectivity index (χ4n) is 1.96. The maximum Gasteiger partial charge on any atom is 0.241 e. The third-order valence-corrected chi connectivity index (χ3v) is 2.99. The van der Waals surface area contributed by atoms with E-state index in [1.807, 2.05) is 0 Å². The second kappa shape index (κ2) is 6.30. The normalized spacial score (nSPS) is 20.9. The van der Waals surface area contributed by atoms with Crippen LogP contribution < -0.4 is 5.73 Å². The van der Waals surface area contributed by atoms with Crippen molar-refractivity contribution in [3.63, 3.8) is 0 Å². The van der Waals surface area contributed by atoms with Crippen molar-refractivity contribution in [3.8, 4) is 0 Å². The SMILES string of the molecule is COCC(N)C(=O)N(C)CC1(O)CCOCC1. The molecule has 0 aromatic carbocycles. The zero-order valence-electron chi connectivity index (χ0n) is 10.5. The summed E-state index contributed by atoms with van der Waals surface area (Å²) >= 11 is 0. The van der Waals surface area contributed by atoms with E-state index in [1.54, 1.807) is 7.05 Å². The fourth-order valence-corrected chi connectivity index (χ4v) is 1.96. The van der Waals surface area contributed by atoms with Gasteiger partial charge in [0, 0.05) is 46.8 Å². The van der Waals surface area contributed by atoms with E-state index in [0.717, 1.165) is 0 Å². The molecule has 1 rings (SSSR count). The maximum atomic E-state index is 11.8. The molecule has 0 saturated carbocycles. The minimum atomic E-state index is -0.852. The summed E-state index contributed by atoms with van der Waals surface area (Å²) in [4.78, 5) is 13.3. The lowest BCUT2D eigenvalue weighted by Crippen LogP contribution is -2.52. The average molecular weight is 246 g/mol. The summed E-state index contributed by atoms with van der Waals surface area (Å²) in [5, 5.41) is 10.3. The van der Waals surface area contributed by atoms with Gasteiger partial charge in [0.15, 0.2) is 0 Å². The number of nitrogens with zero attached hydrogens (tertiary/aromatic N) is 1. The Morgan fingerprint density at radius 2 is 2.18 bits per heavy atom. The van der Waals surface area contributed by atoms with Crippen molar-refractivity contribution in [3.05, 3.63) is 0 Å². The van der Waals surface area contributed by atoms with Crippen LogP contribution in [0, 0.1) is 0 Å². The van der Waals surface area contributed by atoms with Crippen LogP contribution in [0.2, 0.25) is 0 Å². The molecule has 1 aliphatic rings. The number of hydrogen-bond acceptors (Lipinski definition) is 5. The summed E-state index contributed by atoms with van der Waals surface area (Å²) in [6, 6.07) is -0.673. The van der Waals surface area contributed by atoms with E-state index < -0.39 is 11.6 Å². The number of amides is 1. The van der Waals surface area contributed by atoms with Crippen LogP contribution in [0.15, 0.2) is 0 Å². The monoisotopic (exact) mass is 246 g/mol. The van der Waals surface area contributed by atoms with E-state index in [9.17, 15) is 9.90 Å². The molecular formula is C11H22N2O4. The van der Waals surface area contributed by atoms with Gasteiger partial charge in [0.2, 0.25) is 5.91 Å². The Morgan fingerprint density at radius 3 is 2.71 bits per heavy atom. The van der Waals surface area contributed by atoms with E-state index in [4.69, 9.17) is 15.2 Å². The van der Waals surface area contributed by atoms with Gasteiger partial charge < -0.3 is 25.2 Å². The van der Waals surface area contributed by atoms with Gasteiger partial charge in [-0.15, -0.1) is 0 Å². The summed E-state index contributed by atoms with van der Waals surface area (Å²) < 4.78 is 10.0. The highest BCUT2D eigenvalue weighted by Crippen LogP contribution is 2.21. The van der Waals surface area contributed by atoms with Crippen LogP contribution in [-0.2, 0) is 14.3 Å². The topological polar surface area (TPSA) is 85.0 Å². The number of carbonyl (C=O) groups excluding carboxylic acids is 1. The number of rotatable bonds is 5. The highest BCUT2D eigenvalue weighted by molar-refractivity contribution is 5.81. The highest BCUT2D eigenvalue weighted by Gasteiger charge is 2.33. The van der Waals surface area contributed by atoms with Crippen LogP contribution in [0.3, 0.4) is 0 Å². The number of ether oxygens (including phenoxy) is 2. The Labute approximate surface area is 102 Å². The molecule has 1 heterocycles. The van der Waals surface area contributed by atoms with E-state index in [1.165, 1.54) is 12.0 Å². The van der Waals surface area contributed by atoms with Gasteiger partial charge in [-0.3, -0.25) is 4.79 Å².